The molecule has 0 bridgehead atoms. The molecule has 0 unspecified atom stereocenters. The van der Waals surface area contributed by atoms with E-state index in [0.717, 1.165) is 35.0 Å². The first kappa shape index (κ1) is 15.9. The van der Waals surface area contributed by atoms with Gasteiger partial charge in [-0.25, -0.2) is 0 Å². The van der Waals surface area contributed by atoms with Crippen molar-refractivity contribution in [3.63, 3.8) is 0 Å². The smallest absolute Gasteiger partial charge is 0.127 e. The van der Waals surface area contributed by atoms with Crippen LogP contribution in [0.5, 0.6) is 17.2 Å². The molecule has 0 aliphatic heterocycles. The molecule has 0 fully saturated rings. The average Bonchev–Trinajstić information content (AvgIpc) is 2.63. The Kier molecular flexibility index (Phi) is 5.36. The summed E-state index contributed by atoms with van der Waals surface area (Å²) in [6, 6.07) is 25.8. The van der Waals surface area contributed by atoms with E-state index in [1.807, 2.05) is 79.7 Å². The van der Waals surface area contributed by atoms with E-state index >= 15 is 0 Å². The second-order valence-electron chi connectivity index (χ2n) is 5.33. The molecule has 3 heteroatoms. The summed E-state index contributed by atoms with van der Waals surface area (Å²) < 4.78 is 11.5. The maximum absolute atomic E-state index is 5.80. The van der Waals surface area contributed by atoms with Gasteiger partial charge >= 0.3 is 0 Å². The van der Waals surface area contributed by atoms with Gasteiger partial charge in [0.2, 0.25) is 0 Å². The molecular formula is C21H21NO2. The van der Waals surface area contributed by atoms with Crippen LogP contribution in [0.3, 0.4) is 0 Å². The van der Waals surface area contributed by atoms with Crippen molar-refractivity contribution in [3.05, 3.63) is 84.4 Å². The summed E-state index contributed by atoms with van der Waals surface area (Å²) in [6.07, 6.45) is 0. The topological polar surface area (TPSA) is 30.5 Å². The van der Waals surface area contributed by atoms with E-state index in [-0.39, 0.29) is 0 Å². The Morgan fingerprint density at radius 2 is 1.42 bits per heavy atom. The molecule has 24 heavy (non-hydrogen) atoms. The zero-order chi connectivity index (χ0) is 16.6. The Morgan fingerprint density at radius 3 is 2.17 bits per heavy atom. The molecule has 0 aromatic heterocycles. The Labute approximate surface area is 142 Å². The summed E-state index contributed by atoms with van der Waals surface area (Å²) in [7, 11) is 0. The first-order valence-corrected chi connectivity index (χ1v) is 8.12. The third-order valence-electron chi connectivity index (χ3n) is 3.59. The first-order chi connectivity index (χ1) is 11.8. The van der Waals surface area contributed by atoms with Gasteiger partial charge in [-0.1, -0.05) is 36.4 Å². The zero-order valence-corrected chi connectivity index (χ0v) is 13.7. The summed E-state index contributed by atoms with van der Waals surface area (Å²) in [5.41, 5.74) is 2.19. The number of anilines is 1. The number of para-hydroxylation sites is 2. The van der Waals surface area contributed by atoms with Crippen LogP contribution in [-0.2, 0) is 6.54 Å². The van der Waals surface area contributed by atoms with E-state index in [9.17, 15) is 0 Å². The van der Waals surface area contributed by atoms with E-state index in [4.69, 9.17) is 9.47 Å². The van der Waals surface area contributed by atoms with E-state index in [0.29, 0.717) is 6.61 Å². The molecular weight excluding hydrogens is 298 g/mol. The quantitative estimate of drug-likeness (QED) is 0.624. The van der Waals surface area contributed by atoms with Gasteiger partial charge in [0.25, 0.3) is 0 Å². The lowest BCUT2D eigenvalue weighted by Crippen LogP contribution is -2.03. The molecule has 3 nitrogen and oxygen atoms in total. The molecule has 0 amide bonds. The SMILES string of the molecule is CCOc1ccccc1CNc1ccc(Oc2ccccc2)cc1. The highest BCUT2D eigenvalue weighted by Gasteiger charge is 2.02. The Bertz CT molecular complexity index is 754. The molecule has 122 valence electrons. The predicted molar refractivity (Wildman–Crippen MR) is 97.9 cm³/mol. The fourth-order valence-corrected chi connectivity index (χ4v) is 2.41. The number of hydrogen-bond acceptors (Lipinski definition) is 3. The summed E-state index contributed by atoms with van der Waals surface area (Å²) in [5, 5.41) is 3.42. The third kappa shape index (κ3) is 4.29. The summed E-state index contributed by atoms with van der Waals surface area (Å²) in [4.78, 5) is 0. The lowest BCUT2D eigenvalue weighted by atomic mass is 10.2. The van der Waals surface area contributed by atoms with Crippen LogP contribution in [-0.4, -0.2) is 6.61 Å². The van der Waals surface area contributed by atoms with Crippen LogP contribution in [0.1, 0.15) is 12.5 Å². The summed E-state index contributed by atoms with van der Waals surface area (Å²) in [6.45, 7) is 3.38. The molecule has 0 aliphatic carbocycles. The minimum absolute atomic E-state index is 0.669. The molecule has 3 aromatic rings. The molecule has 0 radical (unpaired) electrons. The molecule has 3 aromatic carbocycles. The van der Waals surface area contributed by atoms with Crippen molar-refractivity contribution in [1.82, 2.24) is 0 Å². The standard InChI is InChI=1S/C21H21NO2/c1-2-23-21-11-7-6-8-17(21)16-22-18-12-14-20(15-13-18)24-19-9-4-3-5-10-19/h3-15,22H,2,16H2,1H3. The van der Waals surface area contributed by atoms with Crippen LogP contribution >= 0.6 is 0 Å². The minimum atomic E-state index is 0.669. The van der Waals surface area contributed by atoms with Gasteiger partial charge in [0.05, 0.1) is 6.61 Å². The number of nitrogens with one attached hydrogen (secondary N) is 1. The van der Waals surface area contributed by atoms with Crippen molar-refractivity contribution in [2.45, 2.75) is 13.5 Å². The van der Waals surface area contributed by atoms with Crippen LogP contribution < -0.4 is 14.8 Å². The maximum Gasteiger partial charge on any atom is 0.127 e. The normalized spacial score (nSPS) is 10.2. The van der Waals surface area contributed by atoms with Crippen LogP contribution in [0.2, 0.25) is 0 Å². The highest BCUT2D eigenvalue weighted by Crippen LogP contribution is 2.24. The van der Waals surface area contributed by atoms with Gasteiger partial charge in [0, 0.05) is 17.8 Å². The van der Waals surface area contributed by atoms with E-state index < -0.39 is 0 Å². The molecule has 0 saturated heterocycles. The van der Waals surface area contributed by atoms with Gasteiger partial charge in [0.1, 0.15) is 17.2 Å². The first-order valence-electron chi connectivity index (χ1n) is 8.12. The monoisotopic (exact) mass is 319 g/mol. The number of rotatable bonds is 7. The molecule has 3 rings (SSSR count). The second-order valence-corrected chi connectivity index (χ2v) is 5.33. The van der Waals surface area contributed by atoms with Crippen molar-refractivity contribution in [2.75, 3.05) is 11.9 Å². The molecule has 0 heterocycles. The predicted octanol–water partition coefficient (Wildman–Crippen LogP) is 5.49. The lowest BCUT2D eigenvalue weighted by Gasteiger charge is -2.12. The largest absolute Gasteiger partial charge is 0.494 e. The van der Waals surface area contributed by atoms with Crippen molar-refractivity contribution >= 4 is 5.69 Å². The number of benzene rings is 3. The Balaban J connectivity index is 1.60. The van der Waals surface area contributed by atoms with Gasteiger partial charge in [-0.15, -0.1) is 0 Å². The van der Waals surface area contributed by atoms with Crippen molar-refractivity contribution in [3.8, 4) is 17.2 Å². The number of hydrogen-bond donors (Lipinski definition) is 1. The van der Waals surface area contributed by atoms with Crippen LogP contribution in [0, 0.1) is 0 Å². The van der Waals surface area contributed by atoms with E-state index in [2.05, 4.69) is 11.4 Å². The molecule has 0 saturated carbocycles. The van der Waals surface area contributed by atoms with Gasteiger partial charge < -0.3 is 14.8 Å². The minimum Gasteiger partial charge on any atom is -0.494 e. The van der Waals surface area contributed by atoms with Gasteiger partial charge in [0.15, 0.2) is 0 Å². The number of ether oxygens (including phenoxy) is 2. The lowest BCUT2D eigenvalue weighted by molar-refractivity contribution is 0.337. The second kappa shape index (κ2) is 8.06. The summed E-state index contributed by atoms with van der Waals surface area (Å²) in [5.74, 6) is 2.59. The van der Waals surface area contributed by atoms with Gasteiger partial charge in [-0.2, -0.15) is 0 Å². The summed E-state index contributed by atoms with van der Waals surface area (Å²) >= 11 is 0. The van der Waals surface area contributed by atoms with E-state index in [1.165, 1.54) is 0 Å². The van der Waals surface area contributed by atoms with Crippen molar-refractivity contribution in [1.29, 1.82) is 0 Å². The highest BCUT2D eigenvalue weighted by atomic mass is 16.5. The fourth-order valence-electron chi connectivity index (χ4n) is 2.41. The van der Waals surface area contributed by atoms with Crippen molar-refractivity contribution < 1.29 is 9.47 Å². The fraction of sp³-hybridized carbons (Fsp3) is 0.143. The van der Waals surface area contributed by atoms with Gasteiger partial charge in [-0.05, 0) is 49.4 Å². The third-order valence-corrected chi connectivity index (χ3v) is 3.59. The maximum atomic E-state index is 5.80. The molecule has 0 aliphatic rings. The van der Waals surface area contributed by atoms with Crippen LogP contribution in [0.4, 0.5) is 5.69 Å². The van der Waals surface area contributed by atoms with Crippen molar-refractivity contribution in [2.24, 2.45) is 0 Å². The molecule has 0 atom stereocenters. The molecule has 1 N–H and O–H groups in total. The zero-order valence-electron chi connectivity index (χ0n) is 13.7. The molecule has 0 spiro atoms. The van der Waals surface area contributed by atoms with Crippen LogP contribution in [0.25, 0.3) is 0 Å². The Morgan fingerprint density at radius 1 is 0.750 bits per heavy atom. The average molecular weight is 319 g/mol. The van der Waals surface area contributed by atoms with E-state index in [1.54, 1.807) is 0 Å². The highest BCUT2D eigenvalue weighted by molar-refractivity contribution is 5.48. The van der Waals surface area contributed by atoms with Crippen LogP contribution in [0.15, 0.2) is 78.9 Å². The Hall–Kier alpha value is -2.94. The van der Waals surface area contributed by atoms with Gasteiger partial charge in [-0.3, -0.25) is 0 Å².